The third kappa shape index (κ3) is 43.1. The van der Waals surface area contributed by atoms with E-state index in [-0.39, 0.29) is 19.4 Å². The molecule has 6 N–H and O–H groups in total. The molecule has 80 heavy (non-hydrogen) atoms. The van der Waals surface area contributed by atoms with Crippen LogP contribution in [0.25, 0.3) is 0 Å². The van der Waals surface area contributed by atoms with Crippen LogP contribution in [-0.4, -0.2) is 99.6 Å². The van der Waals surface area contributed by atoms with E-state index in [0.717, 1.165) is 141 Å². The summed E-state index contributed by atoms with van der Waals surface area (Å²) in [6.45, 7) is 5.62. The maximum Gasteiger partial charge on any atom is 0.306 e. The molecule has 1 saturated heterocycles. The summed E-state index contributed by atoms with van der Waals surface area (Å²) >= 11 is 0. The molecule has 0 aromatic rings. The van der Waals surface area contributed by atoms with Crippen molar-refractivity contribution in [2.75, 3.05) is 13.2 Å². The zero-order valence-corrected chi connectivity index (χ0v) is 50.7. The molecule has 0 aromatic carbocycles. The highest BCUT2D eigenvalue weighted by atomic mass is 16.7. The van der Waals surface area contributed by atoms with Crippen molar-refractivity contribution in [2.24, 2.45) is 0 Å². The molecule has 11 heteroatoms. The van der Waals surface area contributed by atoms with Crippen molar-refractivity contribution in [1.29, 1.82) is 0 Å². The Balaban J connectivity index is 2.68. The fraction of sp³-hybridized carbons (Fsp3) is 0.710. The fourth-order valence-electron chi connectivity index (χ4n) is 9.33. The second-order valence-corrected chi connectivity index (χ2v) is 21.8. The molecule has 1 fully saturated rings. The first kappa shape index (κ1) is 74.3. The number of ether oxygens (including phenoxy) is 3. The van der Waals surface area contributed by atoms with Gasteiger partial charge in [-0.1, -0.05) is 246 Å². The van der Waals surface area contributed by atoms with Gasteiger partial charge in [0, 0.05) is 6.42 Å². The number of aliphatic hydroxyl groups excluding tert-OH is 5. The van der Waals surface area contributed by atoms with Gasteiger partial charge in [0.25, 0.3) is 0 Å². The van der Waals surface area contributed by atoms with E-state index in [1.165, 1.54) is 64.2 Å². The van der Waals surface area contributed by atoms with Gasteiger partial charge in [-0.15, -0.1) is 0 Å². The topological polar surface area (TPSA) is 175 Å². The van der Waals surface area contributed by atoms with Gasteiger partial charge in [-0.05, 0) is 109 Å². The number of esters is 1. The molecular formula is C69H117NO10. The molecular weight excluding hydrogens is 1000 g/mol. The van der Waals surface area contributed by atoms with Gasteiger partial charge >= 0.3 is 5.97 Å². The molecule has 0 aromatic heterocycles. The average molecular weight is 1120 g/mol. The van der Waals surface area contributed by atoms with E-state index in [0.29, 0.717) is 12.8 Å². The largest absolute Gasteiger partial charge is 0.454 e. The molecule has 8 unspecified atom stereocenters. The van der Waals surface area contributed by atoms with E-state index in [2.05, 4.69) is 123 Å². The molecule has 11 nitrogen and oxygen atoms in total. The first-order chi connectivity index (χ1) is 39.2. The maximum absolute atomic E-state index is 13.4. The van der Waals surface area contributed by atoms with Crippen LogP contribution in [0.2, 0.25) is 0 Å². The highest BCUT2D eigenvalue weighted by Crippen LogP contribution is 2.26. The Morgan fingerprint density at radius 2 is 0.900 bits per heavy atom. The minimum absolute atomic E-state index is 0.0914. The SMILES string of the molecule is CC/C=C\C/C=C\C/C=C\C/C=C\C/C=C\CCCCCCCCC(O)C(=O)NC(COC1OC(CO)C(O)C(O)C1OC(=O)CCCCCC/C=C\C/C=C\C/C=C\CCCCC)C(O)/C=C/CCCCCCCCCCCC. The van der Waals surface area contributed by atoms with Crippen molar-refractivity contribution in [3.05, 3.63) is 109 Å². The Morgan fingerprint density at radius 1 is 0.500 bits per heavy atom. The number of allylic oxidation sites excluding steroid dienone is 17. The van der Waals surface area contributed by atoms with Gasteiger partial charge in [-0.25, -0.2) is 0 Å². The Hall–Kier alpha value is -3.68. The zero-order valence-electron chi connectivity index (χ0n) is 50.7. The molecule has 1 aliphatic heterocycles. The maximum atomic E-state index is 13.4. The average Bonchev–Trinajstić information content (AvgIpc) is 3.48. The van der Waals surface area contributed by atoms with Crippen LogP contribution in [-0.2, 0) is 23.8 Å². The summed E-state index contributed by atoms with van der Waals surface area (Å²) in [7, 11) is 0. The number of unbranched alkanes of at least 4 members (excludes halogenated alkanes) is 23. The van der Waals surface area contributed by atoms with Gasteiger partial charge in [-0.2, -0.15) is 0 Å². The molecule has 0 saturated carbocycles. The number of hydrogen-bond donors (Lipinski definition) is 6. The van der Waals surface area contributed by atoms with Crippen LogP contribution in [0.1, 0.15) is 252 Å². The lowest BCUT2D eigenvalue weighted by atomic mass is 9.99. The van der Waals surface area contributed by atoms with Crippen molar-refractivity contribution in [3.8, 4) is 0 Å². The third-order valence-corrected chi connectivity index (χ3v) is 14.4. The van der Waals surface area contributed by atoms with E-state index in [4.69, 9.17) is 14.2 Å². The molecule has 1 rings (SSSR count). The lowest BCUT2D eigenvalue weighted by Gasteiger charge is -2.41. The van der Waals surface area contributed by atoms with Crippen LogP contribution < -0.4 is 5.32 Å². The van der Waals surface area contributed by atoms with Gasteiger partial charge in [-0.3, -0.25) is 9.59 Å². The summed E-state index contributed by atoms with van der Waals surface area (Å²) in [5, 5.41) is 57.0. The summed E-state index contributed by atoms with van der Waals surface area (Å²) in [5.41, 5.74) is 0. The molecule has 8 atom stereocenters. The fourth-order valence-corrected chi connectivity index (χ4v) is 9.33. The number of amides is 1. The third-order valence-electron chi connectivity index (χ3n) is 14.4. The van der Waals surface area contributed by atoms with Gasteiger partial charge in [0.1, 0.15) is 24.4 Å². The minimum Gasteiger partial charge on any atom is -0.454 e. The Morgan fingerprint density at radius 3 is 1.38 bits per heavy atom. The van der Waals surface area contributed by atoms with Crippen LogP contribution in [0.15, 0.2) is 109 Å². The van der Waals surface area contributed by atoms with E-state index in [9.17, 15) is 35.1 Å². The highest BCUT2D eigenvalue weighted by molar-refractivity contribution is 5.80. The molecule has 1 aliphatic rings. The van der Waals surface area contributed by atoms with E-state index < -0.39 is 67.4 Å². The number of carbonyl (C=O) groups is 2. The highest BCUT2D eigenvalue weighted by Gasteiger charge is 2.47. The second-order valence-electron chi connectivity index (χ2n) is 21.8. The molecule has 1 amide bonds. The molecule has 458 valence electrons. The predicted octanol–water partition coefficient (Wildman–Crippen LogP) is 15.7. The van der Waals surface area contributed by atoms with Crippen LogP contribution >= 0.6 is 0 Å². The van der Waals surface area contributed by atoms with Crippen LogP contribution in [0.5, 0.6) is 0 Å². The standard InChI is InChI=1S/C69H117NO10/c1-4-7-10-13-16-19-22-25-27-29-30-31-32-33-35-36-38-41-44-47-50-53-56-62(73)68(77)70-60(61(72)55-52-49-46-43-40-24-21-18-15-12-9-6-3)59-78-69-67(66(76)65(75)63(58-71)79-69)80-64(74)57-54-51-48-45-42-39-37-34-28-26-23-20-17-14-11-8-5-2/h7,10,16-17,19-20,25-28,30-31,33,35,37,39,52,55,60-63,65-67,69,71-73,75-76H,4-6,8-9,11-15,18,21-24,29,32,34,36,38,40-51,53-54,56-59H2,1-3H3,(H,70,77)/b10-7-,19-16-,20-17-,27-25-,28-26-,31-30-,35-33-,39-37-,55-52+. The lowest BCUT2D eigenvalue weighted by molar-refractivity contribution is -0.305. The van der Waals surface area contributed by atoms with Crippen molar-refractivity contribution in [1.82, 2.24) is 5.32 Å². The number of hydrogen-bond acceptors (Lipinski definition) is 10. The monoisotopic (exact) mass is 1120 g/mol. The summed E-state index contributed by atoms with van der Waals surface area (Å²) in [4.78, 5) is 26.6. The molecule has 0 bridgehead atoms. The molecule has 1 heterocycles. The Labute approximate surface area is 488 Å². The first-order valence-corrected chi connectivity index (χ1v) is 32.2. The van der Waals surface area contributed by atoms with E-state index in [1.807, 2.05) is 6.08 Å². The van der Waals surface area contributed by atoms with E-state index in [1.54, 1.807) is 6.08 Å². The Kier molecular flexibility index (Phi) is 51.9. The van der Waals surface area contributed by atoms with Gasteiger partial charge < -0.3 is 45.1 Å². The van der Waals surface area contributed by atoms with Gasteiger partial charge in [0.15, 0.2) is 12.4 Å². The lowest BCUT2D eigenvalue weighted by Crippen LogP contribution is -2.61. The smallest absolute Gasteiger partial charge is 0.306 e. The summed E-state index contributed by atoms with van der Waals surface area (Å²) in [5.74, 6) is -1.23. The van der Waals surface area contributed by atoms with Crippen LogP contribution in [0.4, 0.5) is 0 Å². The van der Waals surface area contributed by atoms with Crippen molar-refractivity contribution < 1.29 is 49.3 Å². The summed E-state index contributed by atoms with van der Waals surface area (Å²) < 4.78 is 17.6. The van der Waals surface area contributed by atoms with E-state index >= 15 is 0 Å². The quantitative estimate of drug-likeness (QED) is 0.0195. The second kappa shape index (κ2) is 55.8. The summed E-state index contributed by atoms with van der Waals surface area (Å²) in [6, 6.07) is -1.04. The van der Waals surface area contributed by atoms with Crippen molar-refractivity contribution in [2.45, 2.75) is 301 Å². The number of rotatable bonds is 53. The number of nitrogens with one attached hydrogen (secondary N) is 1. The van der Waals surface area contributed by atoms with Crippen LogP contribution in [0.3, 0.4) is 0 Å². The first-order valence-electron chi connectivity index (χ1n) is 32.2. The molecule has 0 aliphatic carbocycles. The van der Waals surface area contributed by atoms with Crippen molar-refractivity contribution >= 4 is 11.9 Å². The summed E-state index contributed by atoms with van der Waals surface area (Å²) in [6.07, 6.45) is 65.4. The normalized spacial score (nSPS) is 19.5. The molecule has 0 radical (unpaired) electrons. The molecule has 0 spiro atoms. The minimum atomic E-state index is -1.63. The van der Waals surface area contributed by atoms with Crippen LogP contribution in [0, 0.1) is 0 Å². The van der Waals surface area contributed by atoms with Gasteiger partial charge in [0.05, 0.1) is 25.4 Å². The van der Waals surface area contributed by atoms with Gasteiger partial charge in [0.2, 0.25) is 5.91 Å². The zero-order chi connectivity index (χ0) is 58.2. The number of aliphatic hydroxyl groups is 5. The van der Waals surface area contributed by atoms with Crippen molar-refractivity contribution in [3.63, 3.8) is 0 Å². The Bertz CT molecular complexity index is 1710. The number of carbonyl (C=O) groups excluding carboxylic acids is 2. The predicted molar refractivity (Wildman–Crippen MR) is 333 cm³/mol.